The van der Waals surface area contributed by atoms with E-state index in [1.165, 1.54) is 4.90 Å². The zero-order chi connectivity index (χ0) is 15.0. The average molecular weight is 333 g/mol. The van der Waals surface area contributed by atoms with Gasteiger partial charge in [0.15, 0.2) is 0 Å². The van der Waals surface area contributed by atoms with Crippen molar-refractivity contribution in [1.29, 1.82) is 0 Å². The molecule has 0 fully saturated rings. The molecule has 0 saturated carbocycles. The maximum Gasteiger partial charge on any atom is 0.222 e. The quantitative estimate of drug-likeness (QED) is 0.567. The summed E-state index contributed by atoms with van der Waals surface area (Å²) in [5.74, 6) is 0.933. The Hall–Kier alpha value is -0.750. The second-order valence-electron chi connectivity index (χ2n) is 4.88. The highest BCUT2D eigenvalue weighted by molar-refractivity contribution is 7.99. The summed E-state index contributed by atoms with van der Waals surface area (Å²) < 4.78 is 5.02. The lowest BCUT2D eigenvalue weighted by molar-refractivity contribution is -0.122. The zero-order valence-corrected chi connectivity index (χ0v) is 14.4. The number of benzene rings is 1. The van der Waals surface area contributed by atoms with Crippen molar-refractivity contribution in [2.45, 2.75) is 37.2 Å². The molecule has 1 rings (SSSR count). The highest BCUT2D eigenvalue weighted by Gasteiger charge is 2.10. The largest absolute Gasteiger partial charge is 0.384 e. The van der Waals surface area contributed by atoms with E-state index in [0.717, 1.165) is 17.9 Å². The molecule has 0 radical (unpaired) electrons. The van der Waals surface area contributed by atoms with Gasteiger partial charge in [0.05, 0.1) is 12.6 Å². The highest BCUT2D eigenvalue weighted by Crippen LogP contribution is 2.21. The van der Waals surface area contributed by atoms with E-state index in [2.05, 4.69) is 17.4 Å². The van der Waals surface area contributed by atoms with E-state index in [0.29, 0.717) is 6.42 Å². The standard InChI is InChI=1S/C15H24N2O2S.ClH/c1-11(16)10-15(18)17-12(2)13-4-6-14(7-5-13)20-9-8-19-3;/h4-7,11-12H,8-10,16H2,1-3H3,(H,17,18);1H. The molecule has 120 valence electrons. The number of methoxy groups -OCH3 is 1. The van der Waals surface area contributed by atoms with Gasteiger partial charge < -0.3 is 15.8 Å². The first-order valence-corrected chi connectivity index (χ1v) is 7.78. The number of thioether (sulfide) groups is 1. The fourth-order valence-corrected chi connectivity index (χ4v) is 2.59. The fourth-order valence-electron chi connectivity index (χ4n) is 1.77. The summed E-state index contributed by atoms with van der Waals surface area (Å²) in [5.41, 5.74) is 6.71. The van der Waals surface area contributed by atoms with Gasteiger partial charge in [-0.25, -0.2) is 0 Å². The number of amides is 1. The molecule has 1 amide bonds. The zero-order valence-electron chi connectivity index (χ0n) is 12.8. The Morgan fingerprint density at radius 2 is 1.95 bits per heavy atom. The predicted molar refractivity (Wildman–Crippen MR) is 91.1 cm³/mol. The molecule has 0 aromatic heterocycles. The second kappa shape index (κ2) is 10.9. The van der Waals surface area contributed by atoms with Gasteiger partial charge in [-0.3, -0.25) is 4.79 Å². The van der Waals surface area contributed by atoms with Crippen molar-refractivity contribution in [3.8, 4) is 0 Å². The molecule has 0 saturated heterocycles. The molecular formula is C15H25ClN2O2S. The molecule has 0 aliphatic rings. The van der Waals surface area contributed by atoms with Crippen molar-refractivity contribution >= 4 is 30.1 Å². The van der Waals surface area contributed by atoms with Gasteiger partial charge >= 0.3 is 0 Å². The number of nitrogens with two attached hydrogens (primary N) is 1. The maximum absolute atomic E-state index is 11.7. The van der Waals surface area contributed by atoms with Crippen LogP contribution in [0.4, 0.5) is 0 Å². The molecule has 0 spiro atoms. The van der Waals surface area contributed by atoms with Crippen molar-refractivity contribution in [3.63, 3.8) is 0 Å². The number of hydrogen-bond donors (Lipinski definition) is 2. The van der Waals surface area contributed by atoms with Crippen LogP contribution in [0.5, 0.6) is 0 Å². The molecule has 3 N–H and O–H groups in total. The first-order valence-electron chi connectivity index (χ1n) is 6.79. The maximum atomic E-state index is 11.7. The van der Waals surface area contributed by atoms with Crippen LogP contribution in [0, 0.1) is 0 Å². The molecule has 21 heavy (non-hydrogen) atoms. The topological polar surface area (TPSA) is 64.3 Å². The molecule has 0 heterocycles. The number of nitrogens with one attached hydrogen (secondary N) is 1. The van der Waals surface area contributed by atoms with Crippen molar-refractivity contribution in [3.05, 3.63) is 29.8 Å². The number of ether oxygens (including phenoxy) is 1. The van der Waals surface area contributed by atoms with Crippen molar-refractivity contribution in [2.24, 2.45) is 5.73 Å². The Kier molecular flexibility index (Phi) is 10.5. The molecule has 2 atom stereocenters. The molecule has 1 aromatic carbocycles. The molecule has 0 aliphatic carbocycles. The fraction of sp³-hybridized carbons (Fsp3) is 0.533. The van der Waals surface area contributed by atoms with Gasteiger partial charge in [0.25, 0.3) is 0 Å². The van der Waals surface area contributed by atoms with Gasteiger partial charge in [0.2, 0.25) is 5.91 Å². The molecule has 4 nitrogen and oxygen atoms in total. The van der Waals surface area contributed by atoms with Crippen LogP contribution in [0.3, 0.4) is 0 Å². The number of rotatable bonds is 8. The average Bonchev–Trinajstić information content (AvgIpc) is 2.38. The summed E-state index contributed by atoms with van der Waals surface area (Å²) in [6, 6.07) is 8.13. The summed E-state index contributed by atoms with van der Waals surface area (Å²) in [4.78, 5) is 12.9. The smallest absolute Gasteiger partial charge is 0.222 e. The van der Waals surface area contributed by atoms with Gasteiger partial charge in [-0.1, -0.05) is 12.1 Å². The van der Waals surface area contributed by atoms with E-state index in [9.17, 15) is 4.79 Å². The lowest BCUT2D eigenvalue weighted by atomic mass is 10.1. The number of halogens is 1. The van der Waals surface area contributed by atoms with Gasteiger partial charge in [-0.05, 0) is 31.5 Å². The van der Waals surface area contributed by atoms with Crippen LogP contribution < -0.4 is 11.1 Å². The lowest BCUT2D eigenvalue weighted by Crippen LogP contribution is -2.31. The summed E-state index contributed by atoms with van der Waals surface area (Å²) in [6.45, 7) is 4.55. The van der Waals surface area contributed by atoms with Crippen molar-refractivity contribution in [1.82, 2.24) is 5.32 Å². The van der Waals surface area contributed by atoms with Crippen molar-refractivity contribution < 1.29 is 9.53 Å². The van der Waals surface area contributed by atoms with Crippen LogP contribution in [-0.4, -0.2) is 31.4 Å². The Bertz CT molecular complexity index is 413. The minimum absolute atomic E-state index is 0. The van der Waals surface area contributed by atoms with Gasteiger partial charge in [-0.15, -0.1) is 24.2 Å². The first-order chi connectivity index (χ1) is 9.52. The van der Waals surface area contributed by atoms with Gasteiger partial charge in [0.1, 0.15) is 0 Å². The Balaban J connectivity index is 0.00000400. The number of carbonyl (C=O) groups is 1. The third kappa shape index (κ3) is 8.31. The summed E-state index contributed by atoms with van der Waals surface area (Å²) in [7, 11) is 1.70. The van der Waals surface area contributed by atoms with E-state index in [1.54, 1.807) is 18.9 Å². The third-order valence-corrected chi connectivity index (χ3v) is 3.80. The molecular weight excluding hydrogens is 308 g/mol. The summed E-state index contributed by atoms with van der Waals surface area (Å²) in [5, 5.41) is 2.95. The van der Waals surface area contributed by atoms with Crippen molar-refractivity contribution in [2.75, 3.05) is 19.5 Å². The Labute approximate surface area is 137 Å². The monoisotopic (exact) mass is 332 g/mol. The molecule has 2 unspecified atom stereocenters. The van der Waals surface area contributed by atoms with Crippen LogP contribution in [0.1, 0.15) is 31.9 Å². The van der Waals surface area contributed by atoms with Gasteiger partial charge in [-0.2, -0.15) is 0 Å². The van der Waals surface area contributed by atoms with Crippen LogP contribution >= 0.6 is 24.2 Å². The minimum Gasteiger partial charge on any atom is -0.384 e. The SMILES string of the molecule is COCCSc1ccc(C(C)NC(=O)CC(C)N)cc1.Cl. The van der Waals surface area contributed by atoms with E-state index < -0.39 is 0 Å². The molecule has 6 heteroatoms. The van der Waals surface area contributed by atoms with Crippen LogP contribution in [-0.2, 0) is 9.53 Å². The van der Waals surface area contributed by atoms with Gasteiger partial charge in [0, 0.05) is 30.2 Å². The summed E-state index contributed by atoms with van der Waals surface area (Å²) >= 11 is 1.76. The molecule has 1 aromatic rings. The second-order valence-corrected chi connectivity index (χ2v) is 6.05. The Morgan fingerprint density at radius 3 is 2.48 bits per heavy atom. The molecule has 0 bridgehead atoms. The number of hydrogen-bond acceptors (Lipinski definition) is 4. The third-order valence-electron chi connectivity index (χ3n) is 2.82. The van der Waals surface area contributed by atoms with E-state index in [1.807, 2.05) is 26.0 Å². The predicted octanol–water partition coefficient (Wildman–Crippen LogP) is 2.76. The Morgan fingerprint density at radius 1 is 1.33 bits per heavy atom. The first kappa shape index (κ1) is 20.2. The van der Waals surface area contributed by atoms with E-state index in [-0.39, 0.29) is 30.4 Å². The van der Waals surface area contributed by atoms with E-state index in [4.69, 9.17) is 10.5 Å². The lowest BCUT2D eigenvalue weighted by Gasteiger charge is -2.15. The normalized spacial score (nSPS) is 13.1. The molecule has 0 aliphatic heterocycles. The minimum atomic E-state index is -0.109. The highest BCUT2D eigenvalue weighted by atomic mass is 35.5. The van der Waals surface area contributed by atoms with Crippen LogP contribution in [0.15, 0.2) is 29.2 Å². The van der Waals surface area contributed by atoms with E-state index >= 15 is 0 Å². The summed E-state index contributed by atoms with van der Waals surface area (Å²) in [6.07, 6.45) is 0.356. The van der Waals surface area contributed by atoms with Crippen LogP contribution in [0.2, 0.25) is 0 Å². The van der Waals surface area contributed by atoms with Crippen LogP contribution in [0.25, 0.3) is 0 Å². The number of carbonyl (C=O) groups excluding carboxylic acids is 1.